The number of amidine groups is 1. The quantitative estimate of drug-likeness (QED) is 0.475. The highest BCUT2D eigenvalue weighted by atomic mass is 32.2. The van der Waals surface area contributed by atoms with Crippen LogP contribution in [0.2, 0.25) is 0 Å². The summed E-state index contributed by atoms with van der Waals surface area (Å²) in [6, 6.07) is 3.44. The first-order valence-electron chi connectivity index (χ1n) is 14.8. The van der Waals surface area contributed by atoms with E-state index in [0.29, 0.717) is 31.1 Å². The molecule has 11 heteroatoms. The van der Waals surface area contributed by atoms with Gasteiger partial charge in [0.25, 0.3) is 11.8 Å². The van der Waals surface area contributed by atoms with Gasteiger partial charge in [-0.1, -0.05) is 31.9 Å². The van der Waals surface area contributed by atoms with Gasteiger partial charge in [0.15, 0.2) is 0 Å². The van der Waals surface area contributed by atoms with Crippen LogP contribution in [0.4, 0.5) is 4.79 Å². The van der Waals surface area contributed by atoms with Gasteiger partial charge in [-0.2, -0.15) is 0 Å². The molecule has 224 valence electrons. The summed E-state index contributed by atoms with van der Waals surface area (Å²) in [4.78, 5) is 44.0. The normalized spacial score (nSPS) is 26.3. The predicted octanol–water partition coefficient (Wildman–Crippen LogP) is 3.20. The molecule has 3 fully saturated rings. The highest BCUT2D eigenvalue weighted by Gasteiger charge is 2.48. The van der Waals surface area contributed by atoms with Crippen LogP contribution in [-0.4, -0.2) is 71.2 Å². The molecule has 2 N–H and O–H groups in total. The molecule has 1 saturated carbocycles. The van der Waals surface area contributed by atoms with E-state index in [0.717, 1.165) is 53.8 Å². The summed E-state index contributed by atoms with van der Waals surface area (Å²) in [7, 11) is -3.53. The van der Waals surface area contributed by atoms with Crippen LogP contribution in [0.5, 0.6) is 0 Å². The number of imide groups is 1. The molecule has 3 heterocycles. The van der Waals surface area contributed by atoms with Gasteiger partial charge in [-0.05, 0) is 88.0 Å². The SMILES string of the molecule is Cc1cc(CN2C(=O)NC(C)(C)C2=O)cc(C)c1CCS(=O)(=O)N1CCC2(CC1)N=C(C1CCC(C)CC1)NC2=O. The predicted molar refractivity (Wildman–Crippen MR) is 157 cm³/mol. The minimum atomic E-state index is -3.53. The van der Waals surface area contributed by atoms with E-state index < -0.39 is 27.1 Å². The highest BCUT2D eigenvalue weighted by molar-refractivity contribution is 7.89. The topological polar surface area (TPSA) is 128 Å². The average molecular weight is 586 g/mol. The van der Waals surface area contributed by atoms with E-state index in [-0.39, 0.29) is 37.2 Å². The fraction of sp³-hybridized carbons (Fsp3) is 0.667. The first-order valence-corrected chi connectivity index (χ1v) is 16.4. The molecule has 0 unspecified atom stereocenters. The van der Waals surface area contributed by atoms with E-state index in [9.17, 15) is 22.8 Å². The molecule has 4 amide bonds. The van der Waals surface area contributed by atoms with Crippen molar-refractivity contribution in [1.29, 1.82) is 0 Å². The smallest absolute Gasteiger partial charge is 0.324 e. The Morgan fingerprint density at radius 1 is 1.00 bits per heavy atom. The second kappa shape index (κ2) is 10.8. The molecule has 1 spiro atoms. The van der Waals surface area contributed by atoms with Crippen LogP contribution in [0.3, 0.4) is 0 Å². The van der Waals surface area contributed by atoms with Gasteiger partial charge in [-0.15, -0.1) is 0 Å². The maximum atomic E-state index is 13.3. The number of aliphatic imine (C=N–C) groups is 1. The van der Waals surface area contributed by atoms with Crippen molar-refractivity contribution in [3.8, 4) is 0 Å². The molecule has 4 aliphatic rings. The number of piperidine rings is 1. The summed E-state index contributed by atoms with van der Waals surface area (Å²) in [6.45, 7) is 10.2. The Bertz CT molecular complexity index is 1360. The lowest BCUT2D eigenvalue weighted by Crippen LogP contribution is -2.51. The summed E-state index contributed by atoms with van der Waals surface area (Å²) >= 11 is 0. The Kier molecular flexibility index (Phi) is 7.82. The number of aryl methyl sites for hydroxylation is 2. The molecule has 1 aromatic carbocycles. The molecule has 5 rings (SSSR count). The zero-order valence-corrected chi connectivity index (χ0v) is 25.7. The van der Waals surface area contributed by atoms with E-state index in [1.165, 1.54) is 9.21 Å². The van der Waals surface area contributed by atoms with Crippen LogP contribution in [0, 0.1) is 25.7 Å². The van der Waals surface area contributed by atoms with Gasteiger partial charge in [0.05, 0.1) is 12.3 Å². The van der Waals surface area contributed by atoms with Crippen molar-refractivity contribution in [3.05, 3.63) is 34.4 Å². The molecule has 10 nitrogen and oxygen atoms in total. The maximum absolute atomic E-state index is 13.3. The Morgan fingerprint density at radius 2 is 1.61 bits per heavy atom. The number of carbonyl (C=O) groups excluding carboxylic acids is 3. The van der Waals surface area contributed by atoms with Crippen molar-refractivity contribution in [2.75, 3.05) is 18.8 Å². The fourth-order valence-electron chi connectivity index (χ4n) is 6.81. The molecular weight excluding hydrogens is 542 g/mol. The third-order valence-electron chi connectivity index (χ3n) is 9.50. The van der Waals surface area contributed by atoms with Crippen molar-refractivity contribution < 1.29 is 22.8 Å². The Morgan fingerprint density at radius 3 is 2.17 bits per heavy atom. The summed E-state index contributed by atoms with van der Waals surface area (Å²) in [5.41, 5.74) is 1.88. The van der Waals surface area contributed by atoms with Gasteiger partial charge >= 0.3 is 6.03 Å². The van der Waals surface area contributed by atoms with E-state index in [1.54, 1.807) is 13.8 Å². The summed E-state index contributed by atoms with van der Waals surface area (Å²) in [5.74, 6) is 1.46. The highest BCUT2D eigenvalue weighted by Crippen LogP contribution is 2.36. The number of hydrogen-bond acceptors (Lipinski definition) is 6. The summed E-state index contributed by atoms with van der Waals surface area (Å²) < 4.78 is 28.2. The molecule has 1 aromatic rings. The van der Waals surface area contributed by atoms with Crippen LogP contribution in [0.15, 0.2) is 17.1 Å². The number of nitrogens with one attached hydrogen (secondary N) is 2. The van der Waals surface area contributed by atoms with Crippen LogP contribution < -0.4 is 10.6 Å². The monoisotopic (exact) mass is 585 g/mol. The lowest BCUT2D eigenvalue weighted by Gasteiger charge is -2.34. The number of benzene rings is 1. The van der Waals surface area contributed by atoms with Gasteiger partial charge in [0.1, 0.15) is 16.9 Å². The number of urea groups is 1. The zero-order valence-electron chi connectivity index (χ0n) is 24.9. The summed E-state index contributed by atoms with van der Waals surface area (Å²) in [6.07, 6.45) is 5.54. The van der Waals surface area contributed by atoms with Gasteiger partial charge < -0.3 is 10.6 Å². The standard InChI is InChI=1S/C30H43N5O5S/c1-19-6-8-23(9-7-19)25-31-26(36)30(32-25)11-13-34(14-12-30)41(39,40)15-10-24-20(2)16-22(17-21(24)3)18-35-27(37)29(4,5)33-28(35)38/h16-17,19,23H,6-15,18H2,1-5H3,(H,33,38)(H,31,32,36). The molecule has 1 aliphatic carbocycles. The van der Waals surface area contributed by atoms with Crippen molar-refractivity contribution in [3.63, 3.8) is 0 Å². The molecule has 0 atom stereocenters. The van der Waals surface area contributed by atoms with E-state index >= 15 is 0 Å². The van der Waals surface area contributed by atoms with Crippen molar-refractivity contribution in [2.24, 2.45) is 16.8 Å². The van der Waals surface area contributed by atoms with Gasteiger partial charge in [-0.25, -0.2) is 17.5 Å². The average Bonchev–Trinajstić information content (AvgIpc) is 3.31. The third-order valence-corrected chi connectivity index (χ3v) is 11.4. The minimum absolute atomic E-state index is 0.0246. The number of nitrogens with zero attached hydrogens (tertiary/aromatic N) is 3. The zero-order chi connectivity index (χ0) is 29.7. The van der Waals surface area contributed by atoms with Crippen molar-refractivity contribution in [1.82, 2.24) is 19.8 Å². The molecule has 2 saturated heterocycles. The number of hydrogen-bond donors (Lipinski definition) is 2. The second-order valence-electron chi connectivity index (χ2n) is 13.1. The summed E-state index contributed by atoms with van der Waals surface area (Å²) in [5, 5.41) is 5.74. The van der Waals surface area contributed by atoms with Crippen LogP contribution in [0.1, 0.15) is 81.5 Å². The maximum Gasteiger partial charge on any atom is 0.325 e. The number of sulfonamides is 1. The largest absolute Gasteiger partial charge is 0.325 e. The van der Waals surface area contributed by atoms with Crippen LogP contribution in [-0.2, 0) is 32.6 Å². The number of carbonyl (C=O) groups is 3. The Hall–Kier alpha value is -2.79. The first kappa shape index (κ1) is 29.7. The van der Waals surface area contributed by atoms with Crippen molar-refractivity contribution in [2.45, 2.75) is 97.2 Å². The van der Waals surface area contributed by atoms with Gasteiger partial charge in [0, 0.05) is 19.0 Å². The fourth-order valence-corrected chi connectivity index (χ4v) is 8.27. The minimum Gasteiger partial charge on any atom is -0.324 e. The molecule has 0 aromatic heterocycles. The number of rotatable bonds is 7. The first-order chi connectivity index (χ1) is 19.2. The van der Waals surface area contributed by atoms with E-state index in [2.05, 4.69) is 17.6 Å². The van der Waals surface area contributed by atoms with Crippen molar-refractivity contribution >= 4 is 33.7 Å². The second-order valence-corrected chi connectivity index (χ2v) is 15.1. The van der Waals surface area contributed by atoms with Crippen LogP contribution >= 0.6 is 0 Å². The number of amides is 4. The Balaban J connectivity index is 1.19. The van der Waals surface area contributed by atoms with Gasteiger partial charge in [-0.3, -0.25) is 19.5 Å². The third kappa shape index (κ3) is 5.80. The van der Waals surface area contributed by atoms with E-state index in [4.69, 9.17) is 4.99 Å². The van der Waals surface area contributed by atoms with Crippen LogP contribution in [0.25, 0.3) is 0 Å². The molecule has 0 radical (unpaired) electrons. The molecule has 41 heavy (non-hydrogen) atoms. The molecule has 3 aliphatic heterocycles. The Labute approximate surface area is 243 Å². The van der Waals surface area contributed by atoms with E-state index in [1.807, 2.05) is 26.0 Å². The molecule has 0 bridgehead atoms. The van der Waals surface area contributed by atoms with Gasteiger partial charge in [0.2, 0.25) is 10.0 Å². The lowest BCUT2D eigenvalue weighted by molar-refractivity contribution is -0.130. The lowest BCUT2D eigenvalue weighted by atomic mass is 9.82. The molecular formula is C30H43N5O5S.